The molecule has 1 aromatic heterocycles. The van der Waals surface area contributed by atoms with Crippen molar-refractivity contribution in [3.05, 3.63) is 73.1 Å². The van der Waals surface area contributed by atoms with Gasteiger partial charge in [-0.2, -0.15) is 14.9 Å². The van der Waals surface area contributed by atoms with Crippen molar-refractivity contribution in [3.8, 4) is 5.75 Å². The third kappa shape index (κ3) is 4.49. The summed E-state index contributed by atoms with van der Waals surface area (Å²) >= 11 is 12.3. The Morgan fingerprint density at radius 2 is 2.04 bits per heavy atom. The third-order valence-corrected chi connectivity index (χ3v) is 4.92. The molecule has 3 rings (SSSR count). The second-order valence-electron chi connectivity index (χ2n) is 5.44. The predicted molar refractivity (Wildman–Crippen MR) is 112 cm³/mol. The van der Waals surface area contributed by atoms with Crippen LogP contribution in [0.1, 0.15) is 23.9 Å². The number of nitrogens with zero attached hydrogens (tertiary/aromatic N) is 3. The molecule has 0 unspecified atom stereocenters. The maximum atomic E-state index is 6.05. The van der Waals surface area contributed by atoms with Crippen LogP contribution >= 0.6 is 44.1 Å². The fourth-order valence-electron chi connectivity index (χ4n) is 2.35. The maximum absolute atomic E-state index is 6.05. The topological polar surface area (TPSA) is 55.2 Å². The lowest BCUT2D eigenvalue weighted by atomic mass is 10.2. The number of hydrogen-bond donors (Lipinski definition) is 1. The van der Waals surface area contributed by atoms with Gasteiger partial charge in [0, 0.05) is 16.5 Å². The van der Waals surface area contributed by atoms with E-state index in [4.69, 9.17) is 17.0 Å². The van der Waals surface area contributed by atoms with Gasteiger partial charge in [-0.05, 0) is 45.8 Å². The van der Waals surface area contributed by atoms with E-state index in [1.54, 1.807) is 10.9 Å². The molecule has 0 radical (unpaired) electrons. The molecular weight excluding hydrogens is 480 g/mol. The summed E-state index contributed by atoms with van der Waals surface area (Å²) in [6, 6.07) is 13.9. The van der Waals surface area contributed by atoms with Crippen LogP contribution in [0.25, 0.3) is 0 Å². The van der Waals surface area contributed by atoms with Crippen molar-refractivity contribution < 1.29 is 4.74 Å². The number of benzene rings is 2. The predicted octanol–water partition coefficient (Wildman–Crippen LogP) is 5.49. The number of nitrogens with one attached hydrogen (secondary N) is 1. The number of halogens is 2. The molecule has 1 N–H and O–H groups in total. The second-order valence-corrected chi connectivity index (χ2v) is 7.59. The number of rotatable bonds is 6. The van der Waals surface area contributed by atoms with Crippen LogP contribution in [0.15, 0.2) is 56.5 Å². The zero-order valence-corrected chi connectivity index (χ0v) is 17.9. The van der Waals surface area contributed by atoms with E-state index >= 15 is 0 Å². The Morgan fingerprint density at radius 3 is 2.77 bits per heavy atom. The Morgan fingerprint density at radius 1 is 1.27 bits per heavy atom. The molecule has 134 valence electrons. The van der Waals surface area contributed by atoms with E-state index in [1.165, 1.54) is 0 Å². The summed E-state index contributed by atoms with van der Waals surface area (Å²) in [5, 5.41) is 11.4. The molecule has 5 nitrogen and oxygen atoms in total. The molecule has 0 aliphatic heterocycles. The minimum absolute atomic E-state index is 0.457. The van der Waals surface area contributed by atoms with Crippen molar-refractivity contribution in [2.75, 3.05) is 0 Å². The Labute approximate surface area is 173 Å². The molecule has 0 aliphatic rings. The fraction of sp³-hybridized carbons (Fsp3) is 0.167. The molecule has 0 fully saturated rings. The van der Waals surface area contributed by atoms with Crippen LogP contribution in [0.4, 0.5) is 0 Å². The number of aromatic nitrogens is 3. The van der Waals surface area contributed by atoms with Crippen LogP contribution in [0.2, 0.25) is 0 Å². The zero-order chi connectivity index (χ0) is 18.5. The van der Waals surface area contributed by atoms with E-state index in [-0.39, 0.29) is 0 Å². The lowest BCUT2D eigenvalue weighted by Crippen LogP contribution is -2.01. The first-order chi connectivity index (χ1) is 12.6. The summed E-state index contributed by atoms with van der Waals surface area (Å²) in [6.45, 7) is 2.47. The Balaban J connectivity index is 1.92. The van der Waals surface area contributed by atoms with Crippen LogP contribution in [-0.2, 0) is 13.0 Å². The zero-order valence-electron chi connectivity index (χ0n) is 13.9. The average molecular weight is 496 g/mol. The standard InChI is InChI=1S/C18H16Br2N4OS/c1-2-16-22-23-18(26)24(16)21-10-13-8-14(19)9-15(20)17(13)25-11-12-6-4-3-5-7-12/h3-10H,2,11H2,1H3,(H,23,26)/b21-10-. The molecule has 0 atom stereocenters. The first-order valence-electron chi connectivity index (χ1n) is 7.95. The van der Waals surface area contributed by atoms with Crippen molar-refractivity contribution in [1.82, 2.24) is 14.9 Å². The van der Waals surface area contributed by atoms with Gasteiger partial charge < -0.3 is 4.74 Å². The lowest BCUT2D eigenvalue weighted by Gasteiger charge is -2.12. The Bertz CT molecular complexity index is 983. The molecule has 0 saturated heterocycles. The Kier molecular flexibility index (Phi) is 6.39. The highest BCUT2D eigenvalue weighted by Gasteiger charge is 2.10. The molecule has 1 heterocycles. The minimum Gasteiger partial charge on any atom is -0.487 e. The van der Waals surface area contributed by atoms with E-state index in [0.29, 0.717) is 17.1 Å². The SMILES string of the molecule is CCc1n[nH]c(=S)n1/N=C\c1cc(Br)cc(Br)c1OCc1ccccc1. The number of ether oxygens (including phenoxy) is 1. The normalized spacial score (nSPS) is 11.2. The summed E-state index contributed by atoms with van der Waals surface area (Å²) < 4.78 is 9.89. The summed E-state index contributed by atoms with van der Waals surface area (Å²) in [5.74, 6) is 1.49. The van der Waals surface area contributed by atoms with Gasteiger partial charge in [0.1, 0.15) is 12.4 Å². The van der Waals surface area contributed by atoms with Crippen molar-refractivity contribution in [3.63, 3.8) is 0 Å². The van der Waals surface area contributed by atoms with Gasteiger partial charge in [0.2, 0.25) is 4.77 Å². The smallest absolute Gasteiger partial charge is 0.216 e. The fourth-order valence-corrected chi connectivity index (χ4v) is 3.92. The minimum atomic E-state index is 0.457. The quantitative estimate of drug-likeness (QED) is 0.363. The van der Waals surface area contributed by atoms with Crippen LogP contribution in [0.3, 0.4) is 0 Å². The Hall–Kier alpha value is -1.77. The number of H-pyrrole nitrogens is 1. The van der Waals surface area contributed by atoms with Gasteiger partial charge in [-0.3, -0.25) is 5.10 Å². The molecule has 0 amide bonds. The molecule has 0 aliphatic carbocycles. The summed E-state index contributed by atoms with van der Waals surface area (Å²) in [6.07, 6.45) is 2.45. The summed E-state index contributed by atoms with van der Waals surface area (Å²) in [4.78, 5) is 0. The largest absolute Gasteiger partial charge is 0.487 e. The molecule has 8 heteroatoms. The van der Waals surface area contributed by atoms with E-state index in [1.807, 2.05) is 49.4 Å². The number of hydrogen-bond acceptors (Lipinski definition) is 4. The van der Waals surface area contributed by atoms with Crippen molar-refractivity contribution >= 4 is 50.3 Å². The van der Waals surface area contributed by atoms with Crippen LogP contribution in [-0.4, -0.2) is 21.1 Å². The van der Waals surface area contributed by atoms with E-state index in [2.05, 4.69) is 47.2 Å². The van der Waals surface area contributed by atoms with Gasteiger partial charge in [-0.1, -0.05) is 53.2 Å². The highest BCUT2D eigenvalue weighted by molar-refractivity contribution is 9.11. The summed E-state index contributed by atoms with van der Waals surface area (Å²) in [7, 11) is 0. The molecule has 0 bridgehead atoms. The van der Waals surface area contributed by atoms with Gasteiger partial charge in [-0.25, -0.2) is 0 Å². The van der Waals surface area contributed by atoms with E-state index < -0.39 is 0 Å². The summed E-state index contributed by atoms with van der Waals surface area (Å²) in [5.41, 5.74) is 1.92. The monoisotopic (exact) mass is 494 g/mol. The van der Waals surface area contributed by atoms with Gasteiger partial charge in [0.15, 0.2) is 5.82 Å². The van der Waals surface area contributed by atoms with E-state index in [9.17, 15) is 0 Å². The van der Waals surface area contributed by atoms with Crippen molar-refractivity contribution in [2.24, 2.45) is 5.10 Å². The highest BCUT2D eigenvalue weighted by Crippen LogP contribution is 2.32. The van der Waals surface area contributed by atoms with Crippen molar-refractivity contribution in [2.45, 2.75) is 20.0 Å². The molecule has 3 aromatic rings. The third-order valence-electron chi connectivity index (χ3n) is 3.61. The van der Waals surface area contributed by atoms with Gasteiger partial charge in [0.25, 0.3) is 0 Å². The second kappa shape index (κ2) is 8.75. The van der Waals surface area contributed by atoms with Crippen LogP contribution in [0.5, 0.6) is 5.75 Å². The van der Waals surface area contributed by atoms with Gasteiger partial charge in [-0.15, -0.1) is 0 Å². The molecule has 26 heavy (non-hydrogen) atoms. The van der Waals surface area contributed by atoms with Gasteiger partial charge >= 0.3 is 0 Å². The molecule has 0 saturated carbocycles. The molecule has 2 aromatic carbocycles. The van der Waals surface area contributed by atoms with Crippen LogP contribution < -0.4 is 4.74 Å². The first-order valence-corrected chi connectivity index (χ1v) is 9.94. The van der Waals surface area contributed by atoms with Gasteiger partial charge in [0.05, 0.1) is 10.7 Å². The lowest BCUT2D eigenvalue weighted by molar-refractivity contribution is 0.304. The number of aryl methyl sites for hydroxylation is 1. The molecule has 0 spiro atoms. The molecular formula is C18H16Br2N4OS. The van der Waals surface area contributed by atoms with E-state index in [0.717, 1.165) is 32.3 Å². The van der Waals surface area contributed by atoms with Crippen LogP contribution in [0, 0.1) is 4.77 Å². The van der Waals surface area contributed by atoms with Crippen molar-refractivity contribution in [1.29, 1.82) is 0 Å². The maximum Gasteiger partial charge on any atom is 0.216 e. The number of aromatic amines is 1. The average Bonchev–Trinajstić information content (AvgIpc) is 2.99. The first kappa shape index (κ1) is 19.0. The highest BCUT2D eigenvalue weighted by atomic mass is 79.9.